The normalized spacial score (nSPS) is 14.9. The molecule has 15 heavy (non-hydrogen) atoms. The number of fused-ring (bicyclic) bond motifs is 1. The summed E-state index contributed by atoms with van der Waals surface area (Å²) in [7, 11) is 0. The Morgan fingerprint density at radius 1 is 0.867 bits per heavy atom. The molecule has 0 saturated heterocycles. The van der Waals surface area contributed by atoms with Gasteiger partial charge in [0, 0.05) is 0 Å². The molecule has 0 aromatic heterocycles. The van der Waals surface area contributed by atoms with E-state index in [-0.39, 0.29) is 0 Å². The minimum atomic E-state index is 1.23. The van der Waals surface area contributed by atoms with Crippen LogP contribution in [0.25, 0.3) is 6.08 Å². The van der Waals surface area contributed by atoms with Gasteiger partial charge in [-0.1, -0.05) is 12.2 Å². The minimum Gasteiger partial charge on any atom is -0.0839 e. The molecule has 0 fully saturated rings. The molecule has 0 nitrogen and oxygen atoms in total. The number of rotatable bonds is 0. The summed E-state index contributed by atoms with van der Waals surface area (Å²) in [6.45, 7) is 9.04. The molecule has 1 aliphatic carbocycles. The van der Waals surface area contributed by atoms with Crippen molar-refractivity contribution in [2.75, 3.05) is 0 Å². The lowest BCUT2D eigenvalue weighted by molar-refractivity contribution is 0.842. The van der Waals surface area contributed by atoms with E-state index >= 15 is 0 Å². The summed E-state index contributed by atoms with van der Waals surface area (Å²) in [5.74, 6) is 0. The van der Waals surface area contributed by atoms with Gasteiger partial charge in [0.2, 0.25) is 0 Å². The highest BCUT2D eigenvalue weighted by Gasteiger charge is 2.14. The number of hydrogen-bond donors (Lipinski definition) is 0. The fourth-order valence-electron chi connectivity index (χ4n) is 2.56. The van der Waals surface area contributed by atoms with E-state index in [9.17, 15) is 0 Å². The van der Waals surface area contributed by atoms with Gasteiger partial charge < -0.3 is 0 Å². The zero-order valence-electron chi connectivity index (χ0n) is 10.3. The summed E-state index contributed by atoms with van der Waals surface area (Å²) in [4.78, 5) is 0. The van der Waals surface area contributed by atoms with E-state index < -0.39 is 0 Å². The lowest BCUT2D eigenvalue weighted by Gasteiger charge is -2.17. The van der Waals surface area contributed by atoms with Gasteiger partial charge in [-0.2, -0.15) is 0 Å². The molecule has 0 atom stereocenters. The van der Waals surface area contributed by atoms with Crippen LogP contribution in [0, 0.1) is 27.7 Å². The molecule has 0 N–H and O–H groups in total. The van der Waals surface area contributed by atoms with Gasteiger partial charge >= 0.3 is 0 Å². The molecule has 0 aliphatic heterocycles. The highest BCUT2D eigenvalue weighted by molar-refractivity contribution is 5.64. The van der Waals surface area contributed by atoms with Crippen molar-refractivity contribution in [2.45, 2.75) is 47.0 Å². The van der Waals surface area contributed by atoms with Crippen molar-refractivity contribution in [3.05, 3.63) is 39.5 Å². The van der Waals surface area contributed by atoms with Crippen molar-refractivity contribution in [2.24, 2.45) is 0 Å². The summed E-state index contributed by atoms with van der Waals surface area (Å²) in [5.41, 5.74) is 9.03. The zero-order valence-corrected chi connectivity index (χ0v) is 10.3. The Morgan fingerprint density at radius 2 is 1.53 bits per heavy atom. The first-order valence-corrected chi connectivity index (χ1v) is 5.88. The van der Waals surface area contributed by atoms with Gasteiger partial charge in [0.15, 0.2) is 0 Å². The predicted molar refractivity (Wildman–Crippen MR) is 67.4 cm³/mol. The molecule has 0 radical (unpaired) electrons. The maximum atomic E-state index is 2.33. The average Bonchev–Trinajstić information content (AvgIpc) is 2.48. The van der Waals surface area contributed by atoms with E-state index in [4.69, 9.17) is 0 Å². The molecule has 0 amide bonds. The molecule has 80 valence electrons. The van der Waals surface area contributed by atoms with Crippen LogP contribution in [0.2, 0.25) is 0 Å². The van der Waals surface area contributed by atoms with E-state index in [2.05, 4.69) is 39.8 Å². The standard InChI is InChI=1S/C15H20/c1-10-11(2)13(4)15-9-7-5-6-8-14(15)12(10)3/h6,8H,5,7,9H2,1-4H3. The van der Waals surface area contributed by atoms with Crippen LogP contribution in [0.3, 0.4) is 0 Å². The molecular formula is C15H20. The Bertz CT molecular complexity index is 422. The molecule has 2 rings (SSSR count). The summed E-state index contributed by atoms with van der Waals surface area (Å²) in [6.07, 6.45) is 8.43. The van der Waals surface area contributed by atoms with Crippen molar-refractivity contribution in [1.82, 2.24) is 0 Å². The van der Waals surface area contributed by atoms with Gasteiger partial charge in [0.1, 0.15) is 0 Å². The van der Waals surface area contributed by atoms with E-state index in [1.165, 1.54) is 47.1 Å². The van der Waals surface area contributed by atoms with Crippen LogP contribution in [0.4, 0.5) is 0 Å². The van der Waals surface area contributed by atoms with Gasteiger partial charge in [-0.15, -0.1) is 0 Å². The number of allylic oxidation sites excluding steroid dienone is 1. The van der Waals surface area contributed by atoms with Crippen molar-refractivity contribution < 1.29 is 0 Å². The van der Waals surface area contributed by atoms with Crippen LogP contribution < -0.4 is 0 Å². The molecule has 0 spiro atoms. The van der Waals surface area contributed by atoms with Crippen molar-refractivity contribution in [3.8, 4) is 0 Å². The number of benzene rings is 1. The fourth-order valence-corrected chi connectivity index (χ4v) is 2.56. The van der Waals surface area contributed by atoms with Crippen LogP contribution in [0.1, 0.15) is 46.2 Å². The van der Waals surface area contributed by atoms with Crippen molar-refractivity contribution >= 4 is 6.08 Å². The molecule has 0 heterocycles. The highest BCUT2D eigenvalue weighted by Crippen LogP contribution is 2.30. The van der Waals surface area contributed by atoms with Crippen LogP contribution in [-0.2, 0) is 6.42 Å². The molecule has 1 aromatic rings. The van der Waals surface area contributed by atoms with Gasteiger partial charge in [-0.3, -0.25) is 0 Å². The van der Waals surface area contributed by atoms with Crippen LogP contribution >= 0.6 is 0 Å². The SMILES string of the molecule is Cc1c(C)c(C)c2c(c1C)C=CCCC2. The first-order chi connectivity index (χ1) is 7.13. The second-order valence-electron chi connectivity index (χ2n) is 4.69. The lowest BCUT2D eigenvalue weighted by atomic mass is 9.88. The Balaban J connectivity index is 2.74. The van der Waals surface area contributed by atoms with Crippen LogP contribution in [0.15, 0.2) is 6.08 Å². The van der Waals surface area contributed by atoms with E-state index in [1.807, 2.05) is 0 Å². The first-order valence-electron chi connectivity index (χ1n) is 5.88. The summed E-state index contributed by atoms with van der Waals surface area (Å²) < 4.78 is 0. The molecular weight excluding hydrogens is 180 g/mol. The third-order valence-corrected chi connectivity index (χ3v) is 3.95. The second-order valence-corrected chi connectivity index (χ2v) is 4.69. The summed E-state index contributed by atoms with van der Waals surface area (Å²) >= 11 is 0. The number of hydrogen-bond acceptors (Lipinski definition) is 0. The van der Waals surface area contributed by atoms with Gasteiger partial charge in [-0.05, 0) is 80.3 Å². The maximum Gasteiger partial charge on any atom is -0.0193 e. The Morgan fingerprint density at radius 3 is 2.27 bits per heavy atom. The molecule has 0 unspecified atom stereocenters. The Labute approximate surface area is 93.0 Å². The average molecular weight is 200 g/mol. The van der Waals surface area contributed by atoms with Gasteiger partial charge in [0.05, 0.1) is 0 Å². The van der Waals surface area contributed by atoms with Crippen molar-refractivity contribution in [1.29, 1.82) is 0 Å². The minimum absolute atomic E-state index is 1.23. The largest absolute Gasteiger partial charge is 0.0839 e. The molecule has 1 aliphatic rings. The van der Waals surface area contributed by atoms with Crippen LogP contribution in [0.5, 0.6) is 0 Å². The second kappa shape index (κ2) is 3.84. The summed E-state index contributed by atoms with van der Waals surface area (Å²) in [5, 5.41) is 0. The van der Waals surface area contributed by atoms with Crippen LogP contribution in [-0.4, -0.2) is 0 Å². The maximum absolute atomic E-state index is 2.33. The zero-order chi connectivity index (χ0) is 11.0. The van der Waals surface area contributed by atoms with Gasteiger partial charge in [0.25, 0.3) is 0 Å². The summed E-state index contributed by atoms with van der Waals surface area (Å²) in [6, 6.07) is 0. The van der Waals surface area contributed by atoms with E-state index in [0.717, 1.165) is 0 Å². The molecule has 0 heteroatoms. The van der Waals surface area contributed by atoms with E-state index in [0.29, 0.717) is 0 Å². The van der Waals surface area contributed by atoms with Gasteiger partial charge in [-0.25, -0.2) is 0 Å². The first kappa shape index (κ1) is 10.5. The lowest BCUT2D eigenvalue weighted by Crippen LogP contribution is -2.01. The Hall–Kier alpha value is -1.04. The fraction of sp³-hybridized carbons (Fsp3) is 0.467. The predicted octanol–water partition coefficient (Wildman–Crippen LogP) is 4.27. The quantitative estimate of drug-likeness (QED) is 0.586. The Kier molecular flexibility index (Phi) is 2.68. The smallest absolute Gasteiger partial charge is 0.0193 e. The topological polar surface area (TPSA) is 0 Å². The van der Waals surface area contributed by atoms with E-state index in [1.54, 1.807) is 5.56 Å². The highest BCUT2D eigenvalue weighted by atomic mass is 14.2. The molecule has 0 bridgehead atoms. The van der Waals surface area contributed by atoms with Crippen molar-refractivity contribution in [3.63, 3.8) is 0 Å². The third kappa shape index (κ3) is 1.62. The monoisotopic (exact) mass is 200 g/mol. The molecule has 1 aromatic carbocycles. The molecule has 0 saturated carbocycles. The third-order valence-electron chi connectivity index (χ3n) is 3.95.